The maximum Gasteiger partial charge on any atom is 0.152 e. The summed E-state index contributed by atoms with van der Waals surface area (Å²) in [4.78, 5) is 11.3. The molecule has 0 bridgehead atoms. The average molecular weight is 141 g/mol. The van der Waals surface area contributed by atoms with Crippen molar-refractivity contribution in [2.24, 2.45) is 0 Å². The van der Waals surface area contributed by atoms with Gasteiger partial charge in [-0.05, 0) is 26.3 Å². The summed E-state index contributed by atoms with van der Waals surface area (Å²) in [6.07, 6.45) is 3.94. The number of hydrogen-bond donors (Lipinski definition) is 1. The van der Waals surface area contributed by atoms with Crippen LogP contribution < -0.4 is 5.32 Å². The molecule has 0 amide bonds. The molecular formula is C8H15NO. The van der Waals surface area contributed by atoms with Crippen molar-refractivity contribution in [1.82, 2.24) is 5.32 Å². The second-order valence-electron chi connectivity index (χ2n) is 2.96. The molecule has 58 valence electrons. The lowest BCUT2D eigenvalue weighted by Crippen LogP contribution is -2.55. The minimum Gasteiger partial charge on any atom is -0.308 e. The van der Waals surface area contributed by atoms with Crippen LogP contribution in [0.4, 0.5) is 0 Å². The molecule has 0 spiro atoms. The third-order valence-corrected chi connectivity index (χ3v) is 2.54. The maximum absolute atomic E-state index is 11.3. The van der Waals surface area contributed by atoms with Crippen molar-refractivity contribution < 1.29 is 4.79 Å². The van der Waals surface area contributed by atoms with E-state index < -0.39 is 0 Å². The molecule has 0 saturated heterocycles. The van der Waals surface area contributed by atoms with Crippen molar-refractivity contribution >= 4 is 5.78 Å². The molecule has 1 rings (SSSR count). The highest BCUT2D eigenvalue weighted by molar-refractivity contribution is 5.89. The Morgan fingerprint density at radius 2 is 2.20 bits per heavy atom. The Labute approximate surface area is 62.0 Å². The lowest BCUT2D eigenvalue weighted by Gasteiger charge is -2.39. The van der Waals surface area contributed by atoms with Gasteiger partial charge in [-0.25, -0.2) is 0 Å². The number of ketones is 1. The molecule has 0 heterocycles. The van der Waals surface area contributed by atoms with Gasteiger partial charge < -0.3 is 5.32 Å². The number of nitrogens with one attached hydrogen (secondary N) is 1. The zero-order valence-corrected chi connectivity index (χ0v) is 6.74. The average Bonchev–Trinajstić information content (AvgIpc) is 1.86. The van der Waals surface area contributed by atoms with Gasteiger partial charge >= 0.3 is 0 Å². The van der Waals surface area contributed by atoms with Crippen molar-refractivity contribution in [2.75, 3.05) is 7.05 Å². The molecular weight excluding hydrogens is 126 g/mol. The number of rotatable bonds is 3. The largest absolute Gasteiger partial charge is 0.308 e. The number of carbonyl (C=O) groups excluding carboxylic acids is 1. The lowest BCUT2D eigenvalue weighted by molar-refractivity contribution is -0.128. The second kappa shape index (κ2) is 2.70. The second-order valence-corrected chi connectivity index (χ2v) is 2.96. The van der Waals surface area contributed by atoms with Crippen LogP contribution in [0.25, 0.3) is 0 Å². The molecule has 1 aliphatic carbocycles. The van der Waals surface area contributed by atoms with Crippen LogP contribution >= 0.6 is 0 Å². The van der Waals surface area contributed by atoms with Crippen LogP contribution in [0.1, 0.15) is 32.6 Å². The first kappa shape index (κ1) is 7.73. The fourth-order valence-corrected chi connectivity index (χ4v) is 1.54. The van der Waals surface area contributed by atoms with E-state index in [9.17, 15) is 4.79 Å². The van der Waals surface area contributed by atoms with E-state index in [2.05, 4.69) is 5.32 Å². The van der Waals surface area contributed by atoms with E-state index in [1.54, 1.807) is 0 Å². The summed E-state index contributed by atoms with van der Waals surface area (Å²) in [6, 6.07) is 0. The lowest BCUT2D eigenvalue weighted by atomic mass is 9.73. The van der Waals surface area contributed by atoms with Gasteiger partial charge in [0.15, 0.2) is 5.78 Å². The van der Waals surface area contributed by atoms with E-state index in [0.29, 0.717) is 12.2 Å². The minimum atomic E-state index is -0.116. The Morgan fingerprint density at radius 3 is 2.30 bits per heavy atom. The summed E-state index contributed by atoms with van der Waals surface area (Å²) < 4.78 is 0. The van der Waals surface area contributed by atoms with E-state index in [1.165, 1.54) is 6.42 Å². The number of hydrogen-bond acceptors (Lipinski definition) is 2. The van der Waals surface area contributed by atoms with Crippen molar-refractivity contribution in [3.05, 3.63) is 0 Å². The van der Waals surface area contributed by atoms with Crippen molar-refractivity contribution in [3.63, 3.8) is 0 Å². The Morgan fingerprint density at radius 1 is 1.60 bits per heavy atom. The first-order valence-corrected chi connectivity index (χ1v) is 3.97. The Hall–Kier alpha value is -0.370. The van der Waals surface area contributed by atoms with Crippen LogP contribution in [0.15, 0.2) is 0 Å². The van der Waals surface area contributed by atoms with Gasteiger partial charge in [-0.3, -0.25) is 4.79 Å². The van der Waals surface area contributed by atoms with Gasteiger partial charge in [0, 0.05) is 6.42 Å². The smallest absolute Gasteiger partial charge is 0.152 e. The normalized spacial score (nSPS) is 21.8. The Kier molecular flexibility index (Phi) is 2.09. The molecule has 2 heteroatoms. The monoisotopic (exact) mass is 141 g/mol. The summed E-state index contributed by atoms with van der Waals surface area (Å²) in [5.74, 6) is 0.376. The van der Waals surface area contributed by atoms with Crippen LogP contribution in [0.5, 0.6) is 0 Å². The maximum atomic E-state index is 11.3. The molecule has 1 saturated carbocycles. The van der Waals surface area contributed by atoms with E-state index in [4.69, 9.17) is 0 Å². The number of carbonyl (C=O) groups is 1. The molecule has 10 heavy (non-hydrogen) atoms. The number of likely N-dealkylation sites (N-methyl/N-ethyl adjacent to an activating group) is 1. The Bertz CT molecular complexity index is 133. The van der Waals surface area contributed by atoms with Gasteiger partial charge in [0.05, 0.1) is 5.54 Å². The molecule has 0 aromatic rings. The topological polar surface area (TPSA) is 29.1 Å². The van der Waals surface area contributed by atoms with Gasteiger partial charge in [0.2, 0.25) is 0 Å². The van der Waals surface area contributed by atoms with Crippen molar-refractivity contribution in [3.8, 4) is 0 Å². The van der Waals surface area contributed by atoms with Crippen LogP contribution in [-0.2, 0) is 4.79 Å². The Balaban J connectivity index is 2.55. The molecule has 0 aliphatic heterocycles. The molecule has 2 nitrogen and oxygen atoms in total. The molecule has 0 radical (unpaired) electrons. The minimum absolute atomic E-state index is 0.116. The van der Waals surface area contributed by atoms with E-state index in [-0.39, 0.29) is 5.54 Å². The molecule has 1 aliphatic rings. The summed E-state index contributed by atoms with van der Waals surface area (Å²) in [7, 11) is 1.88. The van der Waals surface area contributed by atoms with Crippen molar-refractivity contribution in [2.45, 2.75) is 38.1 Å². The van der Waals surface area contributed by atoms with Crippen LogP contribution in [0, 0.1) is 0 Å². The van der Waals surface area contributed by atoms with Gasteiger partial charge in [-0.2, -0.15) is 0 Å². The third kappa shape index (κ3) is 0.966. The van der Waals surface area contributed by atoms with Crippen molar-refractivity contribution in [1.29, 1.82) is 0 Å². The quantitative estimate of drug-likeness (QED) is 0.638. The number of Topliss-reactive ketones (excluding diaryl/α,β-unsaturated/α-hetero) is 1. The third-order valence-electron chi connectivity index (χ3n) is 2.54. The summed E-state index contributed by atoms with van der Waals surface area (Å²) in [5.41, 5.74) is -0.116. The van der Waals surface area contributed by atoms with Gasteiger partial charge in [0.25, 0.3) is 0 Å². The highest BCUT2D eigenvalue weighted by Crippen LogP contribution is 2.32. The molecule has 0 aromatic carbocycles. The standard InChI is InChI=1S/C8H15NO/c1-3-7(10)8(9-2)5-4-6-8/h9H,3-6H2,1-2H3. The first-order chi connectivity index (χ1) is 4.75. The van der Waals surface area contributed by atoms with E-state index >= 15 is 0 Å². The zero-order chi connectivity index (χ0) is 7.61. The van der Waals surface area contributed by atoms with Gasteiger partial charge in [0.1, 0.15) is 0 Å². The van der Waals surface area contributed by atoms with E-state index in [1.807, 2.05) is 14.0 Å². The predicted molar refractivity (Wildman–Crippen MR) is 40.9 cm³/mol. The van der Waals surface area contributed by atoms with Gasteiger partial charge in [-0.15, -0.1) is 0 Å². The van der Waals surface area contributed by atoms with Crippen LogP contribution in [0.2, 0.25) is 0 Å². The van der Waals surface area contributed by atoms with Crippen LogP contribution in [0.3, 0.4) is 0 Å². The van der Waals surface area contributed by atoms with E-state index in [0.717, 1.165) is 12.8 Å². The molecule has 0 atom stereocenters. The predicted octanol–water partition coefficient (Wildman–Crippen LogP) is 1.11. The first-order valence-electron chi connectivity index (χ1n) is 3.97. The molecule has 1 N–H and O–H groups in total. The fraction of sp³-hybridized carbons (Fsp3) is 0.875. The molecule has 0 unspecified atom stereocenters. The summed E-state index contributed by atoms with van der Waals surface area (Å²) in [5, 5.41) is 3.12. The SMILES string of the molecule is CCC(=O)C1(NC)CCC1. The summed E-state index contributed by atoms with van der Waals surface area (Å²) in [6.45, 7) is 1.93. The van der Waals surface area contributed by atoms with Crippen LogP contribution in [-0.4, -0.2) is 18.4 Å². The molecule has 1 fully saturated rings. The van der Waals surface area contributed by atoms with Gasteiger partial charge in [-0.1, -0.05) is 6.92 Å². The zero-order valence-electron chi connectivity index (χ0n) is 6.74. The highest BCUT2D eigenvalue weighted by atomic mass is 16.1. The highest BCUT2D eigenvalue weighted by Gasteiger charge is 2.40. The molecule has 0 aromatic heterocycles. The fourth-order valence-electron chi connectivity index (χ4n) is 1.54. The summed E-state index contributed by atoms with van der Waals surface area (Å²) >= 11 is 0.